The molecule has 24 heavy (non-hydrogen) atoms. The summed E-state index contributed by atoms with van der Waals surface area (Å²) in [4.78, 5) is 1.11. The van der Waals surface area contributed by atoms with Crippen LogP contribution in [-0.4, -0.2) is 21.6 Å². The van der Waals surface area contributed by atoms with Crippen molar-refractivity contribution in [2.75, 3.05) is 13.2 Å². The van der Waals surface area contributed by atoms with E-state index in [4.69, 9.17) is 8.37 Å². The Morgan fingerprint density at radius 1 is 0.875 bits per heavy atom. The van der Waals surface area contributed by atoms with Crippen LogP contribution in [0, 0.1) is 25.7 Å². The van der Waals surface area contributed by atoms with E-state index in [9.17, 15) is 8.42 Å². The van der Waals surface area contributed by atoms with Gasteiger partial charge in [0.1, 0.15) is 13.2 Å². The highest BCUT2D eigenvalue weighted by molar-refractivity contribution is 7.94. The zero-order valence-corrected chi connectivity index (χ0v) is 15.1. The third-order valence-corrected chi connectivity index (χ3v) is 5.01. The minimum absolute atomic E-state index is 0.126. The molecular weight excluding hydrogens is 344 g/mol. The highest BCUT2D eigenvalue weighted by Crippen LogP contribution is 2.18. The van der Waals surface area contributed by atoms with E-state index in [1.165, 1.54) is 29.7 Å². The molecule has 2 aromatic carbocycles. The van der Waals surface area contributed by atoms with Crippen molar-refractivity contribution in [3.63, 3.8) is 0 Å². The monoisotopic (exact) mass is 362 g/mol. The van der Waals surface area contributed by atoms with Gasteiger partial charge in [-0.05, 0) is 38.1 Å². The maximum atomic E-state index is 11.9. The Bertz CT molecular complexity index is 814. The minimum atomic E-state index is -3.77. The summed E-state index contributed by atoms with van der Waals surface area (Å²) in [5.41, 5.74) is 2.17. The maximum Gasteiger partial charge on any atom is 0.297 e. The van der Waals surface area contributed by atoms with Crippen LogP contribution >= 0.6 is 12.0 Å². The average Bonchev–Trinajstić information content (AvgIpc) is 2.56. The van der Waals surface area contributed by atoms with Crippen molar-refractivity contribution in [3.8, 4) is 11.8 Å². The molecule has 6 heteroatoms. The zero-order valence-electron chi connectivity index (χ0n) is 13.5. The first-order valence-electron chi connectivity index (χ1n) is 7.25. The molecule has 0 aliphatic rings. The fraction of sp³-hybridized carbons (Fsp3) is 0.222. The van der Waals surface area contributed by atoms with Crippen molar-refractivity contribution in [2.24, 2.45) is 0 Å². The maximum absolute atomic E-state index is 11.9. The number of hydrogen-bond donors (Lipinski definition) is 0. The van der Waals surface area contributed by atoms with E-state index in [1.54, 1.807) is 12.1 Å². The van der Waals surface area contributed by atoms with Gasteiger partial charge in [-0.1, -0.05) is 47.2 Å². The van der Waals surface area contributed by atoms with Crippen LogP contribution in [-0.2, 0) is 18.5 Å². The van der Waals surface area contributed by atoms with Gasteiger partial charge in [0, 0.05) is 16.9 Å². The van der Waals surface area contributed by atoms with Gasteiger partial charge in [-0.2, -0.15) is 8.42 Å². The molecule has 4 nitrogen and oxygen atoms in total. The van der Waals surface area contributed by atoms with Gasteiger partial charge in [0.2, 0.25) is 0 Å². The van der Waals surface area contributed by atoms with Crippen LogP contribution in [0.15, 0.2) is 58.3 Å². The van der Waals surface area contributed by atoms with Crippen molar-refractivity contribution in [1.29, 1.82) is 0 Å². The molecule has 0 N–H and O–H groups in total. The summed E-state index contributed by atoms with van der Waals surface area (Å²) in [5, 5.41) is 0. The Morgan fingerprint density at radius 2 is 1.42 bits per heavy atom. The third kappa shape index (κ3) is 6.02. The third-order valence-electron chi connectivity index (χ3n) is 3.03. The van der Waals surface area contributed by atoms with Gasteiger partial charge in [-0.25, -0.2) is 0 Å². The van der Waals surface area contributed by atoms with Crippen LogP contribution in [0.3, 0.4) is 0 Å². The van der Waals surface area contributed by atoms with Gasteiger partial charge in [0.25, 0.3) is 10.1 Å². The second-order valence-electron chi connectivity index (χ2n) is 5.04. The van der Waals surface area contributed by atoms with Crippen LogP contribution in [0.1, 0.15) is 11.1 Å². The lowest BCUT2D eigenvalue weighted by atomic mass is 10.2. The van der Waals surface area contributed by atoms with Gasteiger partial charge >= 0.3 is 0 Å². The standard InChI is InChI=1S/C18H18O4S2/c1-15-5-9-17(10-6-15)23-21-13-3-4-14-22-24(19,20)18-11-7-16(2)8-12-18/h5-12H,13-14H2,1-2H3. The molecule has 0 saturated heterocycles. The van der Waals surface area contributed by atoms with E-state index >= 15 is 0 Å². The highest BCUT2D eigenvalue weighted by Gasteiger charge is 2.13. The molecule has 0 atom stereocenters. The molecule has 0 spiro atoms. The van der Waals surface area contributed by atoms with Crippen LogP contribution in [0.4, 0.5) is 0 Å². The van der Waals surface area contributed by atoms with E-state index in [0.717, 1.165) is 10.5 Å². The lowest BCUT2D eigenvalue weighted by Gasteiger charge is -2.02. The van der Waals surface area contributed by atoms with E-state index < -0.39 is 10.1 Å². The molecule has 0 aromatic heterocycles. The van der Waals surface area contributed by atoms with Crippen molar-refractivity contribution in [3.05, 3.63) is 59.7 Å². The Labute approximate surface area is 147 Å². The summed E-state index contributed by atoms with van der Waals surface area (Å²) in [6, 6.07) is 14.4. The van der Waals surface area contributed by atoms with Crippen molar-refractivity contribution >= 4 is 22.2 Å². The van der Waals surface area contributed by atoms with E-state index in [1.807, 2.05) is 38.1 Å². The molecule has 126 valence electrons. The zero-order chi connectivity index (χ0) is 17.4. The average molecular weight is 362 g/mol. The Morgan fingerprint density at radius 3 is 2.04 bits per heavy atom. The smallest absolute Gasteiger partial charge is 0.297 e. The Balaban J connectivity index is 1.73. The van der Waals surface area contributed by atoms with Gasteiger partial charge in [-0.15, -0.1) is 0 Å². The van der Waals surface area contributed by atoms with Crippen molar-refractivity contribution in [1.82, 2.24) is 0 Å². The second-order valence-corrected chi connectivity index (χ2v) is 7.53. The number of hydrogen-bond acceptors (Lipinski definition) is 5. The van der Waals surface area contributed by atoms with Gasteiger partial charge in [0.15, 0.2) is 0 Å². The molecule has 0 bridgehead atoms. The molecule has 0 radical (unpaired) electrons. The predicted molar refractivity (Wildman–Crippen MR) is 95.1 cm³/mol. The molecule has 2 aromatic rings. The van der Waals surface area contributed by atoms with E-state index in [0.29, 0.717) is 0 Å². The Kier molecular flexibility index (Phi) is 6.88. The quantitative estimate of drug-likeness (QED) is 0.339. The summed E-state index contributed by atoms with van der Waals surface area (Å²) in [6.07, 6.45) is 0. The van der Waals surface area contributed by atoms with E-state index in [-0.39, 0.29) is 18.1 Å². The fourth-order valence-electron chi connectivity index (χ4n) is 1.70. The Hall–Kier alpha value is -1.78. The lowest BCUT2D eigenvalue weighted by molar-refractivity contribution is 0.362. The van der Waals surface area contributed by atoms with Crippen LogP contribution in [0.25, 0.3) is 0 Å². The molecule has 0 saturated carbocycles. The SMILES string of the molecule is Cc1ccc(SOCC#CCOS(=O)(=O)c2ccc(C)cc2)cc1. The largest absolute Gasteiger partial charge is 0.297 e. The molecule has 2 rings (SSSR count). The lowest BCUT2D eigenvalue weighted by Crippen LogP contribution is -2.06. The first-order valence-corrected chi connectivity index (χ1v) is 9.40. The van der Waals surface area contributed by atoms with Crippen molar-refractivity contribution < 1.29 is 16.8 Å². The number of rotatable bonds is 6. The summed E-state index contributed by atoms with van der Waals surface area (Å²) >= 11 is 1.23. The van der Waals surface area contributed by atoms with Crippen LogP contribution in [0.2, 0.25) is 0 Å². The topological polar surface area (TPSA) is 52.6 Å². The summed E-state index contributed by atoms with van der Waals surface area (Å²) in [5.74, 6) is 5.35. The highest BCUT2D eigenvalue weighted by atomic mass is 32.2. The predicted octanol–water partition coefficient (Wildman–Crippen LogP) is 3.74. The van der Waals surface area contributed by atoms with E-state index in [2.05, 4.69) is 11.8 Å². The molecule has 0 fully saturated rings. The first-order chi connectivity index (χ1) is 11.5. The minimum Gasteiger partial charge on any atom is -0.297 e. The fourth-order valence-corrected chi connectivity index (χ4v) is 3.02. The molecule has 0 amide bonds. The normalized spacial score (nSPS) is 10.9. The number of aryl methyl sites for hydroxylation is 2. The van der Waals surface area contributed by atoms with Gasteiger partial charge in [0.05, 0.1) is 4.90 Å². The molecular formula is C18H18O4S2. The van der Waals surface area contributed by atoms with Gasteiger partial charge in [-0.3, -0.25) is 8.37 Å². The number of benzene rings is 2. The summed E-state index contributed by atoms with van der Waals surface area (Å²) in [7, 11) is -3.77. The molecule has 0 aliphatic carbocycles. The molecule has 0 unspecified atom stereocenters. The summed E-state index contributed by atoms with van der Waals surface area (Å²) in [6.45, 7) is 3.89. The van der Waals surface area contributed by atoms with Gasteiger partial charge < -0.3 is 0 Å². The second kappa shape index (κ2) is 8.90. The first kappa shape index (κ1) is 18.6. The van der Waals surface area contributed by atoms with Crippen molar-refractivity contribution in [2.45, 2.75) is 23.6 Å². The summed E-state index contributed by atoms with van der Waals surface area (Å²) < 4.78 is 34.0. The van der Waals surface area contributed by atoms with Crippen LogP contribution < -0.4 is 0 Å². The van der Waals surface area contributed by atoms with Crippen LogP contribution in [0.5, 0.6) is 0 Å². The molecule has 0 heterocycles. The molecule has 0 aliphatic heterocycles.